The minimum atomic E-state index is -0.165. The van der Waals surface area contributed by atoms with Crippen LogP contribution in [-0.4, -0.2) is 53.9 Å². The molecule has 0 radical (unpaired) electrons. The average molecular weight is 499 g/mol. The van der Waals surface area contributed by atoms with Crippen LogP contribution in [-0.2, 0) is 13.1 Å². The van der Waals surface area contributed by atoms with E-state index in [1.807, 2.05) is 33.5 Å². The molecule has 7 nitrogen and oxygen atoms in total. The van der Waals surface area contributed by atoms with E-state index in [2.05, 4.69) is 22.8 Å². The lowest BCUT2D eigenvalue weighted by Gasteiger charge is -2.36. The van der Waals surface area contributed by atoms with Crippen LogP contribution < -0.4 is 20.9 Å². The maximum absolute atomic E-state index is 13.3. The van der Waals surface area contributed by atoms with Crippen molar-refractivity contribution < 1.29 is 4.74 Å². The molecule has 1 aliphatic rings. The van der Waals surface area contributed by atoms with E-state index in [4.69, 9.17) is 4.74 Å². The van der Waals surface area contributed by atoms with Crippen molar-refractivity contribution in [3.63, 3.8) is 0 Å². The molecule has 1 fully saturated rings. The van der Waals surface area contributed by atoms with Crippen molar-refractivity contribution in [2.45, 2.75) is 58.5 Å². The summed E-state index contributed by atoms with van der Waals surface area (Å²) in [5, 5.41) is 4.50. The maximum atomic E-state index is 13.3. The van der Waals surface area contributed by atoms with Gasteiger partial charge in [0.25, 0.3) is 5.56 Å². The maximum Gasteiger partial charge on any atom is 0.331 e. The first-order valence-electron chi connectivity index (χ1n) is 12.9. The first-order chi connectivity index (χ1) is 17.1. The van der Waals surface area contributed by atoms with Crippen LogP contribution in [0, 0.1) is 0 Å². The molecule has 1 aromatic carbocycles. The fourth-order valence-electron chi connectivity index (χ4n) is 4.95. The minimum absolute atomic E-state index is 0.155. The molecule has 1 aliphatic heterocycles. The normalized spacial score (nSPS) is 14.6. The van der Waals surface area contributed by atoms with Crippen LogP contribution in [0.5, 0.6) is 5.75 Å². The van der Waals surface area contributed by atoms with Gasteiger partial charge in [-0.15, -0.1) is 11.3 Å². The highest BCUT2D eigenvalue weighted by Crippen LogP contribution is 2.28. The fraction of sp³-hybridized carbons (Fsp3) is 0.556. The number of anilines is 1. The lowest BCUT2D eigenvalue weighted by atomic mass is 10.1. The molecule has 2 aromatic heterocycles. The summed E-state index contributed by atoms with van der Waals surface area (Å²) in [6, 6.07) is 8.11. The number of aromatic nitrogens is 2. The third-order valence-corrected chi connectivity index (χ3v) is 7.77. The number of ether oxygens (including phenoxy) is 1. The van der Waals surface area contributed by atoms with Crippen molar-refractivity contribution in [2.75, 3.05) is 44.7 Å². The van der Waals surface area contributed by atoms with Crippen LogP contribution in [0.1, 0.15) is 45.4 Å². The van der Waals surface area contributed by atoms with Gasteiger partial charge in [0.15, 0.2) is 0 Å². The van der Waals surface area contributed by atoms with Gasteiger partial charge < -0.3 is 9.64 Å². The zero-order chi connectivity index (χ0) is 24.6. The summed E-state index contributed by atoms with van der Waals surface area (Å²) >= 11 is 1.50. The first-order valence-corrected chi connectivity index (χ1v) is 13.9. The third-order valence-electron chi connectivity index (χ3n) is 7.04. The molecule has 4 rings (SSSR count). The van der Waals surface area contributed by atoms with E-state index in [0.29, 0.717) is 25.0 Å². The van der Waals surface area contributed by atoms with Crippen molar-refractivity contribution in [2.24, 2.45) is 0 Å². The molecular weight excluding hydrogens is 460 g/mol. The lowest BCUT2D eigenvalue weighted by Crippen LogP contribution is -2.49. The van der Waals surface area contributed by atoms with Crippen LogP contribution in [0.15, 0.2) is 44.6 Å². The number of benzene rings is 1. The number of aryl methyl sites for hydroxylation is 1. The van der Waals surface area contributed by atoms with Gasteiger partial charge in [-0.2, -0.15) is 0 Å². The molecule has 0 bridgehead atoms. The second-order valence-electron chi connectivity index (χ2n) is 9.33. The van der Waals surface area contributed by atoms with E-state index in [1.165, 1.54) is 41.6 Å². The number of rotatable bonds is 12. The van der Waals surface area contributed by atoms with E-state index < -0.39 is 0 Å². The van der Waals surface area contributed by atoms with Crippen molar-refractivity contribution in [3.8, 4) is 5.75 Å². The highest BCUT2D eigenvalue weighted by atomic mass is 32.1. The molecule has 8 heteroatoms. The summed E-state index contributed by atoms with van der Waals surface area (Å²) in [4.78, 5) is 31.1. The van der Waals surface area contributed by atoms with Crippen LogP contribution in [0.4, 0.5) is 5.69 Å². The predicted molar refractivity (Wildman–Crippen MR) is 145 cm³/mol. The van der Waals surface area contributed by atoms with E-state index in [1.54, 1.807) is 7.11 Å². The smallest absolute Gasteiger partial charge is 0.331 e. The summed E-state index contributed by atoms with van der Waals surface area (Å²) in [6.07, 6.45) is 7.05. The molecule has 0 N–H and O–H groups in total. The number of hydrogen-bond acceptors (Lipinski definition) is 6. The summed E-state index contributed by atoms with van der Waals surface area (Å²) in [6.45, 7) is 7.57. The Kier molecular flexibility index (Phi) is 9.04. The predicted octanol–water partition coefficient (Wildman–Crippen LogP) is 4.42. The summed E-state index contributed by atoms with van der Waals surface area (Å²) in [5.41, 5.74) is 1.59. The largest absolute Gasteiger partial charge is 0.495 e. The summed E-state index contributed by atoms with van der Waals surface area (Å²) in [7, 11) is 1.70. The van der Waals surface area contributed by atoms with Gasteiger partial charge in [0.05, 0.1) is 23.7 Å². The Balaban J connectivity index is 1.39. The van der Waals surface area contributed by atoms with Gasteiger partial charge in [-0.05, 0) is 18.6 Å². The van der Waals surface area contributed by atoms with Crippen molar-refractivity contribution >= 4 is 27.9 Å². The van der Waals surface area contributed by atoms with Gasteiger partial charge in [-0.1, -0.05) is 51.2 Å². The number of para-hydroxylation sites is 2. The van der Waals surface area contributed by atoms with Crippen LogP contribution in [0.3, 0.4) is 0 Å². The van der Waals surface area contributed by atoms with E-state index >= 15 is 0 Å². The Morgan fingerprint density at radius 3 is 2.37 bits per heavy atom. The number of piperazine rings is 1. The molecule has 3 heterocycles. The highest BCUT2D eigenvalue weighted by Gasteiger charge is 2.20. The topological polar surface area (TPSA) is 59.7 Å². The van der Waals surface area contributed by atoms with Crippen LogP contribution in [0.25, 0.3) is 10.9 Å². The second-order valence-corrected chi connectivity index (χ2v) is 10.1. The Labute approximate surface area is 211 Å². The SMILES string of the molecule is CCCCCCCCn1c(=O)n(CCN2CCN(c3ccccc3OC)CC2)c(=O)c2cscc21. The molecule has 3 aromatic rings. The Bertz CT molecular complexity index is 1210. The molecule has 1 saturated heterocycles. The van der Waals surface area contributed by atoms with E-state index in [9.17, 15) is 9.59 Å². The summed E-state index contributed by atoms with van der Waals surface area (Å²) < 4.78 is 8.80. The molecule has 0 atom stereocenters. The standard InChI is InChI=1S/C27H38N4O3S/c1-3-4-5-6-7-10-13-30-24-21-35-20-22(24)26(32)31(27(30)33)19-16-28-14-17-29(18-15-28)23-11-8-9-12-25(23)34-2/h8-9,11-12,20-21H,3-7,10,13-19H2,1-2H3. The zero-order valence-electron chi connectivity index (χ0n) is 21.1. The van der Waals surface area contributed by atoms with E-state index in [-0.39, 0.29) is 11.2 Å². The number of thiophene rings is 1. The fourth-order valence-corrected chi connectivity index (χ4v) is 5.76. The first kappa shape index (κ1) is 25.5. The van der Waals surface area contributed by atoms with Gasteiger partial charge >= 0.3 is 5.69 Å². The van der Waals surface area contributed by atoms with E-state index in [0.717, 1.165) is 56.0 Å². The molecule has 0 aliphatic carbocycles. The Morgan fingerprint density at radius 1 is 0.857 bits per heavy atom. The number of unbranched alkanes of at least 4 members (excludes halogenated alkanes) is 5. The third kappa shape index (κ3) is 5.98. The van der Waals surface area contributed by atoms with Gasteiger partial charge in [-0.25, -0.2) is 4.79 Å². The Hall–Kier alpha value is -2.58. The van der Waals surface area contributed by atoms with Crippen molar-refractivity contribution in [3.05, 3.63) is 55.9 Å². The number of methoxy groups -OCH3 is 1. The molecule has 0 saturated carbocycles. The molecule has 190 valence electrons. The van der Waals surface area contributed by atoms with Crippen molar-refractivity contribution in [1.29, 1.82) is 0 Å². The average Bonchev–Trinajstić information content (AvgIpc) is 3.38. The molecular formula is C27H38N4O3S. The summed E-state index contributed by atoms with van der Waals surface area (Å²) in [5.74, 6) is 0.891. The molecule has 0 amide bonds. The number of fused-ring (bicyclic) bond motifs is 1. The zero-order valence-corrected chi connectivity index (χ0v) is 21.9. The highest BCUT2D eigenvalue weighted by molar-refractivity contribution is 7.09. The Morgan fingerprint density at radius 2 is 1.60 bits per heavy atom. The second kappa shape index (κ2) is 12.4. The minimum Gasteiger partial charge on any atom is -0.495 e. The molecule has 0 spiro atoms. The monoisotopic (exact) mass is 498 g/mol. The van der Waals surface area contributed by atoms with Gasteiger partial charge in [0.1, 0.15) is 5.75 Å². The van der Waals surface area contributed by atoms with Crippen LogP contribution in [0.2, 0.25) is 0 Å². The number of hydrogen-bond donors (Lipinski definition) is 0. The van der Waals surface area contributed by atoms with Gasteiger partial charge in [0.2, 0.25) is 0 Å². The quantitative estimate of drug-likeness (QED) is 0.346. The number of nitrogens with zero attached hydrogens (tertiary/aromatic N) is 4. The van der Waals surface area contributed by atoms with Crippen LogP contribution >= 0.6 is 11.3 Å². The van der Waals surface area contributed by atoms with Gasteiger partial charge in [-0.3, -0.25) is 18.8 Å². The van der Waals surface area contributed by atoms with Gasteiger partial charge in [0, 0.05) is 56.6 Å². The lowest BCUT2D eigenvalue weighted by molar-refractivity contribution is 0.244. The molecule has 35 heavy (non-hydrogen) atoms. The molecule has 0 unspecified atom stereocenters. The van der Waals surface area contributed by atoms with Crippen molar-refractivity contribution in [1.82, 2.24) is 14.0 Å².